The van der Waals surface area contributed by atoms with E-state index in [9.17, 15) is 14.7 Å². The summed E-state index contributed by atoms with van der Waals surface area (Å²) in [6.45, 7) is 9.47. The summed E-state index contributed by atoms with van der Waals surface area (Å²) in [5, 5.41) is 26.0. The molecule has 9 nitrogen and oxygen atoms in total. The Morgan fingerprint density at radius 3 is 2.30 bits per heavy atom. The van der Waals surface area contributed by atoms with Crippen molar-refractivity contribution in [3.8, 4) is 11.5 Å². The minimum absolute atomic E-state index is 0.0323. The number of rotatable bonds is 8. The van der Waals surface area contributed by atoms with Gasteiger partial charge in [-0.1, -0.05) is 58.0 Å². The average Bonchev–Trinajstić information content (AvgIpc) is 3.18. The number of aliphatic hydroxyl groups excluding tert-OH is 1. The first-order chi connectivity index (χ1) is 14.0. The van der Waals surface area contributed by atoms with Gasteiger partial charge in [0.05, 0.1) is 12.0 Å². The van der Waals surface area contributed by atoms with Crippen molar-refractivity contribution in [3.05, 3.63) is 36.2 Å². The highest BCUT2D eigenvalue weighted by molar-refractivity contribution is 5.88. The average molecular weight is 418 g/mol. The quantitative estimate of drug-likeness (QED) is 0.382. The van der Waals surface area contributed by atoms with Gasteiger partial charge in [0.15, 0.2) is 5.82 Å². The summed E-state index contributed by atoms with van der Waals surface area (Å²) in [6.07, 6.45) is -1.44. The number of carbonyl (C=O) groups is 2. The SMILES string of the molecule is CC(C)C[C@@H](C(=O)N[C@H](c1noc(-c2ccccc2)n1)C(C)(C)C)[C@@H](O)C(=O)NO. The molecule has 0 bridgehead atoms. The Balaban J connectivity index is 2.30. The molecule has 2 aromatic rings. The molecule has 9 heteroatoms. The van der Waals surface area contributed by atoms with Crippen molar-refractivity contribution < 1.29 is 24.4 Å². The summed E-state index contributed by atoms with van der Waals surface area (Å²) in [6, 6.07) is 8.63. The number of benzene rings is 1. The van der Waals surface area contributed by atoms with Crippen LogP contribution in [0.15, 0.2) is 34.9 Å². The number of carbonyl (C=O) groups excluding carboxylic acids is 2. The van der Waals surface area contributed by atoms with E-state index in [0.717, 1.165) is 5.56 Å². The summed E-state index contributed by atoms with van der Waals surface area (Å²) < 4.78 is 5.38. The minimum Gasteiger partial charge on any atom is -0.382 e. The summed E-state index contributed by atoms with van der Waals surface area (Å²) in [7, 11) is 0. The van der Waals surface area contributed by atoms with Crippen LogP contribution in [0.1, 0.15) is 52.9 Å². The molecule has 1 aromatic heterocycles. The predicted octanol–water partition coefficient (Wildman–Crippen LogP) is 2.47. The zero-order chi connectivity index (χ0) is 22.5. The molecule has 30 heavy (non-hydrogen) atoms. The lowest BCUT2D eigenvalue weighted by Crippen LogP contribution is -2.48. The van der Waals surface area contributed by atoms with Crippen LogP contribution in [0, 0.1) is 17.3 Å². The molecule has 0 fully saturated rings. The van der Waals surface area contributed by atoms with Crippen LogP contribution >= 0.6 is 0 Å². The van der Waals surface area contributed by atoms with Gasteiger partial charge in [-0.25, -0.2) is 5.48 Å². The number of aromatic nitrogens is 2. The summed E-state index contributed by atoms with van der Waals surface area (Å²) in [5.74, 6) is -1.97. The number of hydroxylamine groups is 1. The number of nitrogens with zero attached hydrogens (tertiary/aromatic N) is 2. The zero-order valence-corrected chi connectivity index (χ0v) is 17.9. The number of amides is 2. The van der Waals surface area contributed by atoms with Gasteiger partial charge >= 0.3 is 0 Å². The molecule has 0 radical (unpaired) electrons. The third-order valence-corrected chi connectivity index (χ3v) is 4.70. The number of hydrogen-bond acceptors (Lipinski definition) is 7. The molecule has 4 N–H and O–H groups in total. The lowest BCUT2D eigenvalue weighted by Gasteiger charge is -2.31. The maximum Gasteiger partial charge on any atom is 0.272 e. The molecule has 2 rings (SSSR count). The molecule has 0 spiro atoms. The first kappa shape index (κ1) is 23.5. The Kier molecular flexibility index (Phi) is 7.69. The van der Waals surface area contributed by atoms with Gasteiger partial charge in [-0.3, -0.25) is 14.8 Å². The molecule has 0 aliphatic carbocycles. The van der Waals surface area contributed by atoms with Crippen LogP contribution in [-0.4, -0.2) is 38.4 Å². The van der Waals surface area contributed by atoms with E-state index in [4.69, 9.17) is 9.73 Å². The number of nitrogens with one attached hydrogen (secondary N) is 2. The van der Waals surface area contributed by atoms with Crippen molar-refractivity contribution in [3.63, 3.8) is 0 Å². The zero-order valence-electron chi connectivity index (χ0n) is 17.9. The molecule has 1 aromatic carbocycles. The second kappa shape index (κ2) is 9.82. The Hall–Kier alpha value is -2.78. The van der Waals surface area contributed by atoms with Crippen LogP contribution in [-0.2, 0) is 9.59 Å². The lowest BCUT2D eigenvalue weighted by molar-refractivity contribution is -0.147. The van der Waals surface area contributed by atoms with E-state index in [0.29, 0.717) is 11.7 Å². The van der Waals surface area contributed by atoms with Crippen molar-refractivity contribution in [1.82, 2.24) is 20.9 Å². The van der Waals surface area contributed by atoms with Crippen molar-refractivity contribution in [2.45, 2.75) is 53.2 Å². The van der Waals surface area contributed by atoms with Gasteiger partial charge in [0.2, 0.25) is 5.91 Å². The van der Waals surface area contributed by atoms with Crippen LogP contribution in [0.4, 0.5) is 0 Å². The van der Waals surface area contributed by atoms with Gasteiger partial charge in [0.1, 0.15) is 6.10 Å². The molecule has 0 aliphatic rings. The van der Waals surface area contributed by atoms with Crippen LogP contribution in [0.2, 0.25) is 0 Å². The van der Waals surface area contributed by atoms with Crippen LogP contribution in [0.25, 0.3) is 11.5 Å². The smallest absolute Gasteiger partial charge is 0.272 e. The topological polar surface area (TPSA) is 138 Å². The molecule has 1 heterocycles. The molecule has 0 saturated heterocycles. The molecular weight excluding hydrogens is 388 g/mol. The second-order valence-corrected chi connectivity index (χ2v) is 8.79. The number of aliphatic hydroxyl groups is 1. The van der Waals surface area contributed by atoms with Gasteiger partial charge < -0.3 is 14.9 Å². The van der Waals surface area contributed by atoms with E-state index < -0.39 is 35.3 Å². The maximum absolute atomic E-state index is 13.0. The summed E-state index contributed by atoms with van der Waals surface area (Å²) >= 11 is 0. The van der Waals surface area contributed by atoms with E-state index in [-0.39, 0.29) is 12.3 Å². The van der Waals surface area contributed by atoms with E-state index in [1.54, 1.807) is 0 Å². The standard InChI is InChI=1S/C21H30N4O5/c1-12(2)11-14(15(26)19(28)24-29)18(27)22-16(21(3,4)5)17-23-20(30-25-17)13-9-7-6-8-10-13/h6-10,12,14-16,26,29H,11H2,1-5H3,(H,22,27)(H,24,28)/t14-,15-,16-/m1/s1. The third-order valence-electron chi connectivity index (χ3n) is 4.70. The highest BCUT2D eigenvalue weighted by Crippen LogP contribution is 2.33. The Bertz CT molecular complexity index is 845. The van der Waals surface area contributed by atoms with Crippen molar-refractivity contribution >= 4 is 11.8 Å². The number of hydrogen-bond donors (Lipinski definition) is 4. The van der Waals surface area contributed by atoms with Gasteiger partial charge in [-0.15, -0.1) is 0 Å². The van der Waals surface area contributed by atoms with E-state index in [1.165, 1.54) is 5.48 Å². The van der Waals surface area contributed by atoms with Crippen molar-refractivity contribution in [2.75, 3.05) is 0 Å². The molecule has 0 aliphatic heterocycles. The van der Waals surface area contributed by atoms with Crippen LogP contribution in [0.5, 0.6) is 0 Å². The molecule has 0 unspecified atom stereocenters. The fraction of sp³-hybridized carbons (Fsp3) is 0.524. The Labute approximate surface area is 175 Å². The second-order valence-electron chi connectivity index (χ2n) is 8.79. The largest absolute Gasteiger partial charge is 0.382 e. The van der Waals surface area contributed by atoms with Crippen LogP contribution in [0.3, 0.4) is 0 Å². The molecule has 3 atom stereocenters. The normalized spacial score (nSPS) is 14.8. The van der Waals surface area contributed by atoms with E-state index in [1.807, 2.05) is 65.0 Å². The highest BCUT2D eigenvalue weighted by Gasteiger charge is 2.38. The molecule has 164 valence electrons. The fourth-order valence-corrected chi connectivity index (χ4v) is 3.10. The van der Waals surface area contributed by atoms with Crippen molar-refractivity contribution in [1.29, 1.82) is 0 Å². The van der Waals surface area contributed by atoms with Crippen LogP contribution < -0.4 is 10.8 Å². The Morgan fingerprint density at radius 2 is 1.77 bits per heavy atom. The van der Waals surface area contributed by atoms with Gasteiger partial charge in [0, 0.05) is 5.56 Å². The van der Waals surface area contributed by atoms with E-state index in [2.05, 4.69) is 15.5 Å². The monoisotopic (exact) mass is 418 g/mol. The fourth-order valence-electron chi connectivity index (χ4n) is 3.10. The van der Waals surface area contributed by atoms with Gasteiger partial charge in [0.25, 0.3) is 11.8 Å². The first-order valence-electron chi connectivity index (χ1n) is 9.86. The van der Waals surface area contributed by atoms with Gasteiger partial charge in [-0.2, -0.15) is 4.98 Å². The third kappa shape index (κ3) is 5.87. The molecule has 2 amide bonds. The molecular formula is C21H30N4O5. The first-order valence-corrected chi connectivity index (χ1v) is 9.86. The minimum atomic E-state index is -1.69. The predicted molar refractivity (Wildman–Crippen MR) is 109 cm³/mol. The maximum atomic E-state index is 13.0. The lowest BCUT2D eigenvalue weighted by atomic mass is 9.84. The Morgan fingerprint density at radius 1 is 1.13 bits per heavy atom. The molecule has 0 saturated carbocycles. The highest BCUT2D eigenvalue weighted by atomic mass is 16.5. The van der Waals surface area contributed by atoms with Gasteiger partial charge in [-0.05, 0) is 29.9 Å². The summed E-state index contributed by atoms with van der Waals surface area (Å²) in [4.78, 5) is 29.2. The summed E-state index contributed by atoms with van der Waals surface area (Å²) in [5.41, 5.74) is 1.67. The van der Waals surface area contributed by atoms with Crippen molar-refractivity contribution in [2.24, 2.45) is 17.3 Å². The van der Waals surface area contributed by atoms with E-state index >= 15 is 0 Å².